The predicted molar refractivity (Wildman–Crippen MR) is 84.5 cm³/mol. The van der Waals surface area contributed by atoms with Gasteiger partial charge < -0.3 is 10.1 Å². The summed E-state index contributed by atoms with van der Waals surface area (Å²) in [6, 6.07) is 5.16. The highest BCUT2D eigenvalue weighted by Crippen LogP contribution is 2.29. The van der Waals surface area contributed by atoms with E-state index in [1.807, 2.05) is 11.8 Å². The number of thioether (sulfide) groups is 1. The van der Waals surface area contributed by atoms with Gasteiger partial charge in [0, 0.05) is 28.4 Å². The van der Waals surface area contributed by atoms with Crippen LogP contribution in [0.1, 0.15) is 31.2 Å². The molecule has 1 aromatic carbocycles. The molecule has 6 heteroatoms. The van der Waals surface area contributed by atoms with Gasteiger partial charge in [-0.15, -0.1) is 0 Å². The molecular weight excluding hydrogens is 316 g/mol. The SMILES string of the molecule is CSC1CCCCC1NCc1cc(Cl)ccc1OC(F)F. The molecule has 0 spiro atoms. The normalized spacial score (nSPS) is 22.5. The van der Waals surface area contributed by atoms with E-state index in [1.54, 1.807) is 12.1 Å². The molecule has 0 bridgehead atoms. The first-order valence-electron chi connectivity index (χ1n) is 7.09. The number of halogens is 3. The lowest BCUT2D eigenvalue weighted by atomic mass is 9.94. The van der Waals surface area contributed by atoms with Gasteiger partial charge in [-0.1, -0.05) is 24.4 Å². The van der Waals surface area contributed by atoms with Gasteiger partial charge >= 0.3 is 6.61 Å². The van der Waals surface area contributed by atoms with Crippen molar-refractivity contribution in [2.45, 2.75) is 50.1 Å². The molecule has 1 aromatic rings. The second-order valence-electron chi connectivity index (χ2n) is 5.18. The Balaban J connectivity index is 2.02. The smallest absolute Gasteiger partial charge is 0.387 e. The predicted octanol–water partition coefficient (Wildman–Crippen LogP) is 4.71. The lowest BCUT2D eigenvalue weighted by Crippen LogP contribution is -2.40. The van der Waals surface area contributed by atoms with Crippen LogP contribution in [0.2, 0.25) is 5.02 Å². The van der Waals surface area contributed by atoms with Gasteiger partial charge in [0.05, 0.1) is 0 Å². The Labute approximate surface area is 133 Å². The lowest BCUT2D eigenvalue weighted by Gasteiger charge is -2.31. The molecule has 0 saturated heterocycles. The van der Waals surface area contributed by atoms with Crippen LogP contribution in [-0.4, -0.2) is 24.2 Å². The third-order valence-corrected chi connectivity index (χ3v) is 5.20. The molecule has 118 valence electrons. The second kappa shape index (κ2) is 8.20. The summed E-state index contributed by atoms with van der Waals surface area (Å²) < 4.78 is 29.4. The minimum Gasteiger partial charge on any atom is -0.434 e. The summed E-state index contributed by atoms with van der Waals surface area (Å²) in [5, 5.41) is 4.58. The molecular formula is C15H20ClF2NOS. The number of nitrogens with one attached hydrogen (secondary N) is 1. The van der Waals surface area contributed by atoms with Gasteiger partial charge in [0.1, 0.15) is 5.75 Å². The quantitative estimate of drug-likeness (QED) is 0.813. The van der Waals surface area contributed by atoms with Crippen LogP contribution in [-0.2, 0) is 6.54 Å². The largest absolute Gasteiger partial charge is 0.434 e. The van der Waals surface area contributed by atoms with Gasteiger partial charge in [0.25, 0.3) is 0 Å². The Morgan fingerprint density at radius 1 is 1.38 bits per heavy atom. The van der Waals surface area contributed by atoms with E-state index in [0.29, 0.717) is 28.4 Å². The molecule has 1 N–H and O–H groups in total. The van der Waals surface area contributed by atoms with E-state index in [9.17, 15) is 8.78 Å². The molecule has 2 unspecified atom stereocenters. The van der Waals surface area contributed by atoms with E-state index in [4.69, 9.17) is 11.6 Å². The zero-order valence-corrected chi connectivity index (χ0v) is 13.5. The maximum absolute atomic E-state index is 12.4. The molecule has 0 aromatic heterocycles. The summed E-state index contributed by atoms with van der Waals surface area (Å²) in [5.74, 6) is 0.193. The van der Waals surface area contributed by atoms with E-state index in [1.165, 1.54) is 25.3 Å². The number of hydrogen-bond acceptors (Lipinski definition) is 3. The molecule has 1 aliphatic rings. The van der Waals surface area contributed by atoms with Gasteiger partial charge in [-0.2, -0.15) is 20.5 Å². The number of rotatable bonds is 6. The second-order valence-corrected chi connectivity index (χ2v) is 6.69. The fourth-order valence-corrected chi connectivity index (χ4v) is 3.91. The summed E-state index contributed by atoms with van der Waals surface area (Å²) in [6.45, 7) is -2.33. The van der Waals surface area contributed by atoms with Gasteiger partial charge in [0.15, 0.2) is 0 Å². The van der Waals surface area contributed by atoms with E-state index in [0.717, 1.165) is 6.42 Å². The van der Waals surface area contributed by atoms with Crippen molar-refractivity contribution in [1.29, 1.82) is 0 Å². The third-order valence-electron chi connectivity index (χ3n) is 3.80. The Morgan fingerprint density at radius 2 is 2.14 bits per heavy atom. The van der Waals surface area contributed by atoms with Crippen LogP contribution in [0.5, 0.6) is 5.75 Å². The monoisotopic (exact) mass is 335 g/mol. The van der Waals surface area contributed by atoms with E-state index >= 15 is 0 Å². The molecule has 0 radical (unpaired) electrons. The number of ether oxygens (including phenoxy) is 1. The van der Waals surface area contributed by atoms with Crippen LogP contribution in [0.4, 0.5) is 8.78 Å². The molecule has 1 saturated carbocycles. The maximum Gasteiger partial charge on any atom is 0.387 e. The Morgan fingerprint density at radius 3 is 2.86 bits per heavy atom. The van der Waals surface area contributed by atoms with Gasteiger partial charge in [-0.3, -0.25) is 0 Å². The number of alkyl halides is 2. The van der Waals surface area contributed by atoms with Crippen LogP contribution >= 0.6 is 23.4 Å². The standard InChI is InChI=1S/C15H20ClF2NOS/c1-21-14-5-3-2-4-12(14)19-9-10-8-11(16)6-7-13(10)20-15(17)18/h6-8,12,14-15,19H,2-5,9H2,1H3. The molecule has 0 aliphatic heterocycles. The molecule has 2 rings (SSSR count). The Bertz CT molecular complexity index is 461. The molecule has 2 atom stereocenters. The first kappa shape index (κ1) is 16.8. The topological polar surface area (TPSA) is 21.3 Å². The minimum absolute atomic E-state index is 0.193. The Kier molecular flexibility index (Phi) is 6.58. The summed E-state index contributed by atoms with van der Waals surface area (Å²) >= 11 is 7.82. The highest BCUT2D eigenvalue weighted by atomic mass is 35.5. The van der Waals surface area contributed by atoms with Gasteiger partial charge in [-0.05, 0) is 37.3 Å². The van der Waals surface area contributed by atoms with Crippen LogP contribution in [0.15, 0.2) is 18.2 Å². The summed E-state index contributed by atoms with van der Waals surface area (Å²) in [6.07, 6.45) is 6.92. The van der Waals surface area contributed by atoms with Crippen molar-refractivity contribution in [2.24, 2.45) is 0 Å². The fourth-order valence-electron chi connectivity index (χ4n) is 2.75. The minimum atomic E-state index is -2.82. The van der Waals surface area contributed by atoms with Crippen molar-refractivity contribution in [2.75, 3.05) is 6.26 Å². The average Bonchev–Trinajstić information content (AvgIpc) is 2.47. The average molecular weight is 336 g/mol. The van der Waals surface area contributed by atoms with Crippen LogP contribution in [0.25, 0.3) is 0 Å². The number of benzene rings is 1. The molecule has 2 nitrogen and oxygen atoms in total. The highest BCUT2D eigenvalue weighted by Gasteiger charge is 2.24. The van der Waals surface area contributed by atoms with Gasteiger partial charge in [0.2, 0.25) is 0 Å². The highest BCUT2D eigenvalue weighted by molar-refractivity contribution is 7.99. The maximum atomic E-state index is 12.4. The van der Waals surface area contributed by atoms with E-state index < -0.39 is 6.61 Å². The first-order chi connectivity index (χ1) is 10.1. The summed E-state index contributed by atoms with van der Waals surface area (Å²) in [4.78, 5) is 0. The lowest BCUT2D eigenvalue weighted by molar-refractivity contribution is -0.0505. The van der Waals surface area contributed by atoms with Crippen molar-refractivity contribution >= 4 is 23.4 Å². The van der Waals surface area contributed by atoms with Crippen molar-refractivity contribution in [3.05, 3.63) is 28.8 Å². The molecule has 21 heavy (non-hydrogen) atoms. The summed E-state index contributed by atoms with van der Waals surface area (Å²) in [7, 11) is 0. The van der Waals surface area contributed by atoms with Crippen LogP contribution < -0.4 is 10.1 Å². The number of hydrogen-bond donors (Lipinski definition) is 1. The fraction of sp³-hybridized carbons (Fsp3) is 0.600. The molecule has 1 fully saturated rings. The Hall–Kier alpha value is -0.520. The first-order valence-corrected chi connectivity index (χ1v) is 8.76. The van der Waals surface area contributed by atoms with Crippen LogP contribution in [0.3, 0.4) is 0 Å². The zero-order chi connectivity index (χ0) is 15.2. The van der Waals surface area contributed by atoms with Crippen molar-refractivity contribution in [1.82, 2.24) is 5.32 Å². The van der Waals surface area contributed by atoms with Crippen molar-refractivity contribution in [3.8, 4) is 5.75 Å². The zero-order valence-electron chi connectivity index (χ0n) is 12.0. The van der Waals surface area contributed by atoms with E-state index in [2.05, 4.69) is 16.3 Å². The summed E-state index contributed by atoms with van der Waals surface area (Å²) in [5.41, 5.74) is 0.674. The third kappa shape index (κ3) is 5.01. The molecule has 1 aliphatic carbocycles. The van der Waals surface area contributed by atoms with Crippen molar-refractivity contribution < 1.29 is 13.5 Å². The van der Waals surface area contributed by atoms with Crippen molar-refractivity contribution in [3.63, 3.8) is 0 Å². The molecule has 0 amide bonds. The molecule has 0 heterocycles. The van der Waals surface area contributed by atoms with Gasteiger partial charge in [-0.25, -0.2) is 0 Å². The van der Waals surface area contributed by atoms with Crippen LogP contribution in [0, 0.1) is 0 Å². The van der Waals surface area contributed by atoms with E-state index in [-0.39, 0.29) is 5.75 Å².